The Morgan fingerprint density at radius 2 is 2.19 bits per heavy atom. The van der Waals surface area contributed by atoms with E-state index >= 15 is 0 Å². The number of hydrogen-bond donors (Lipinski definition) is 2. The third-order valence-electron chi connectivity index (χ3n) is 2.72. The van der Waals surface area contributed by atoms with E-state index in [0.29, 0.717) is 28.6 Å². The summed E-state index contributed by atoms with van der Waals surface area (Å²) in [5.41, 5.74) is 6.66. The zero-order chi connectivity index (χ0) is 15.5. The maximum absolute atomic E-state index is 12.5. The van der Waals surface area contributed by atoms with Crippen molar-refractivity contribution in [2.45, 2.75) is 25.3 Å². The summed E-state index contributed by atoms with van der Waals surface area (Å²) in [6, 6.07) is 3.23. The van der Waals surface area contributed by atoms with Gasteiger partial charge in [-0.25, -0.2) is 13.4 Å². The molecule has 0 unspecified atom stereocenters. The number of nitrogens with zero attached hydrogens (tertiary/aromatic N) is 1. The van der Waals surface area contributed by atoms with Crippen molar-refractivity contribution in [2.75, 3.05) is 11.3 Å². The van der Waals surface area contributed by atoms with Gasteiger partial charge in [-0.1, -0.05) is 0 Å². The Kier molecular flexibility index (Phi) is 4.81. The van der Waals surface area contributed by atoms with Crippen molar-refractivity contribution in [3.63, 3.8) is 0 Å². The molecule has 2 aromatic heterocycles. The van der Waals surface area contributed by atoms with Gasteiger partial charge in [-0.05, 0) is 30.9 Å². The Morgan fingerprint density at radius 1 is 1.43 bits per heavy atom. The molecule has 2 aromatic rings. The van der Waals surface area contributed by atoms with Crippen molar-refractivity contribution in [3.05, 3.63) is 34.2 Å². The molecule has 0 bridgehead atoms. The highest BCUT2D eigenvalue weighted by molar-refractivity contribution is 7.93. The third kappa shape index (κ3) is 3.52. The summed E-state index contributed by atoms with van der Waals surface area (Å²) in [7, 11) is -3.67. The van der Waals surface area contributed by atoms with Gasteiger partial charge in [0.05, 0.1) is 18.5 Å². The normalized spacial score (nSPS) is 11.4. The van der Waals surface area contributed by atoms with Crippen LogP contribution in [0.2, 0.25) is 0 Å². The first-order valence-electron chi connectivity index (χ1n) is 6.36. The Morgan fingerprint density at radius 3 is 2.76 bits per heavy atom. The molecule has 8 heteroatoms. The summed E-state index contributed by atoms with van der Waals surface area (Å²) in [6.45, 7) is 4.30. The number of aryl methyl sites for hydroxylation is 1. The lowest BCUT2D eigenvalue weighted by Gasteiger charge is -2.10. The minimum atomic E-state index is -3.67. The largest absolute Gasteiger partial charge is 0.478 e. The van der Waals surface area contributed by atoms with Crippen LogP contribution in [0.4, 0.5) is 5.69 Å². The highest BCUT2D eigenvalue weighted by atomic mass is 32.2. The average molecular weight is 327 g/mol. The summed E-state index contributed by atoms with van der Waals surface area (Å²) < 4.78 is 32.6. The molecule has 0 spiro atoms. The van der Waals surface area contributed by atoms with Crippen LogP contribution >= 0.6 is 11.3 Å². The number of nitrogens with two attached hydrogens (primary N) is 1. The van der Waals surface area contributed by atoms with Crippen LogP contribution in [0.25, 0.3) is 0 Å². The monoisotopic (exact) mass is 327 g/mol. The summed E-state index contributed by atoms with van der Waals surface area (Å²) >= 11 is 1.34. The Labute approximate surface area is 128 Å². The van der Waals surface area contributed by atoms with Gasteiger partial charge in [0.15, 0.2) is 0 Å². The second-order valence-corrected chi connectivity index (χ2v) is 6.88. The van der Waals surface area contributed by atoms with Crippen molar-refractivity contribution in [1.82, 2.24) is 4.98 Å². The molecule has 0 radical (unpaired) electrons. The smallest absolute Gasteiger partial charge is 0.263 e. The SMILES string of the molecule is CCOc1ccc(NS(=O)(=O)c2c(C)csc2CN)cn1. The molecular formula is C13H17N3O3S2. The van der Waals surface area contributed by atoms with Gasteiger partial charge in [0.2, 0.25) is 5.88 Å². The van der Waals surface area contributed by atoms with E-state index in [-0.39, 0.29) is 11.4 Å². The van der Waals surface area contributed by atoms with Gasteiger partial charge in [0.25, 0.3) is 10.0 Å². The van der Waals surface area contributed by atoms with Gasteiger partial charge >= 0.3 is 0 Å². The van der Waals surface area contributed by atoms with Crippen LogP contribution in [-0.4, -0.2) is 20.0 Å². The van der Waals surface area contributed by atoms with E-state index in [1.54, 1.807) is 24.4 Å². The topological polar surface area (TPSA) is 94.3 Å². The van der Waals surface area contributed by atoms with Crippen LogP contribution < -0.4 is 15.2 Å². The second kappa shape index (κ2) is 6.42. The quantitative estimate of drug-likeness (QED) is 0.847. The molecule has 114 valence electrons. The molecule has 6 nitrogen and oxygen atoms in total. The number of nitrogens with one attached hydrogen (secondary N) is 1. The number of anilines is 1. The van der Waals surface area contributed by atoms with E-state index in [1.807, 2.05) is 6.92 Å². The number of sulfonamides is 1. The molecule has 0 saturated heterocycles. The van der Waals surface area contributed by atoms with E-state index < -0.39 is 10.0 Å². The first kappa shape index (κ1) is 15.7. The minimum absolute atomic E-state index is 0.191. The van der Waals surface area contributed by atoms with E-state index in [4.69, 9.17) is 10.5 Å². The number of pyridine rings is 1. The number of hydrogen-bond acceptors (Lipinski definition) is 6. The molecule has 0 amide bonds. The fraction of sp³-hybridized carbons (Fsp3) is 0.308. The molecule has 0 fully saturated rings. The molecule has 3 N–H and O–H groups in total. The first-order chi connectivity index (χ1) is 9.97. The molecule has 0 atom stereocenters. The van der Waals surface area contributed by atoms with Gasteiger partial charge < -0.3 is 10.5 Å². The lowest BCUT2D eigenvalue weighted by Crippen LogP contribution is -2.16. The summed E-state index contributed by atoms with van der Waals surface area (Å²) in [4.78, 5) is 4.92. The predicted molar refractivity (Wildman–Crippen MR) is 83.2 cm³/mol. The second-order valence-electron chi connectivity index (χ2n) is 4.30. The van der Waals surface area contributed by atoms with Crippen LogP contribution in [-0.2, 0) is 16.6 Å². The van der Waals surface area contributed by atoms with Crippen molar-refractivity contribution in [3.8, 4) is 5.88 Å². The molecule has 2 rings (SSSR count). The molecule has 0 aliphatic rings. The number of thiophene rings is 1. The van der Waals surface area contributed by atoms with Crippen LogP contribution in [0.1, 0.15) is 17.4 Å². The average Bonchev–Trinajstić information content (AvgIpc) is 2.83. The third-order valence-corrected chi connectivity index (χ3v) is 5.59. The fourth-order valence-electron chi connectivity index (χ4n) is 1.87. The lowest BCUT2D eigenvalue weighted by molar-refractivity contribution is 0.327. The lowest BCUT2D eigenvalue weighted by atomic mass is 10.3. The van der Waals surface area contributed by atoms with E-state index in [1.165, 1.54) is 17.5 Å². The zero-order valence-electron chi connectivity index (χ0n) is 11.8. The summed E-state index contributed by atoms with van der Waals surface area (Å²) in [5.74, 6) is 0.454. The molecular weight excluding hydrogens is 310 g/mol. The van der Waals surface area contributed by atoms with Gasteiger partial charge in [-0.15, -0.1) is 11.3 Å². The maximum Gasteiger partial charge on any atom is 0.263 e. The number of rotatable bonds is 6. The van der Waals surface area contributed by atoms with Crippen LogP contribution in [0.5, 0.6) is 5.88 Å². The molecule has 0 saturated carbocycles. The Balaban J connectivity index is 2.26. The zero-order valence-corrected chi connectivity index (χ0v) is 13.4. The van der Waals surface area contributed by atoms with E-state index in [2.05, 4.69) is 9.71 Å². The molecule has 2 heterocycles. The van der Waals surface area contributed by atoms with E-state index in [9.17, 15) is 8.42 Å². The fourth-order valence-corrected chi connectivity index (χ4v) is 4.62. The highest BCUT2D eigenvalue weighted by Crippen LogP contribution is 2.28. The minimum Gasteiger partial charge on any atom is -0.478 e. The van der Waals surface area contributed by atoms with Crippen molar-refractivity contribution in [1.29, 1.82) is 0 Å². The van der Waals surface area contributed by atoms with Crippen molar-refractivity contribution < 1.29 is 13.2 Å². The van der Waals surface area contributed by atoms with E-state index in [0.717, 1.165) is 0 Å². The maximum atomic E-state index is 12.5. The Bertz CT molecular complexity index is 709. The molecule has 0 aromatic carbocycles. The molecule has 0 aliphatic carbocycles. The number of aromatic nitrogens is 1. The van der Waals surface area contributed by atoms with Gasteiger partial charge in [-0.2, -0.15) is 0 Å². The van der Waals surface area contributed by atoms with Crippen LogP contribution in [0.15, 0.2) is 28.6 Å². The van der Waals surface area contributed by atoms with Crippen LogP contribution in [0.3, 0.4) is 0 Å². The highest BCUT2D eigenvalue weighted by Gasteiger charge is 2.22. The van der Waals surface area contributed by atoms with Gasteiger partial charge in [0, 0.05) is 17.5 Å². The van der Waals surface area contributed by atoms with Gasteiger partial charge in [0.1, 0.15) is 4.90 Å². The molecule has 0 aliphatic heterocycles. The van der Waals surface area contributed by atoms with Crippen molar-refractivity contribution in [2.24, 2.45) is 5.73 Å². The van der Waals surface area contributed by atoms with Crippen LogP contribution in [0, 0.1) is 6.92 Å². The van der Waals surface area contributed by atoms with Gasteiger partial charge in [-0.3, -0.25) is 4.72 Å². The number of ether oxygens (including phenoxy) is 1. The summed E-state index contributed by atoms with van der Waals surface area (Å²) in [5, 5.41) is 1.78. The standard InChI is InChI=1S/C13H17N3O3S2/c1-3-19-12-5-4-10(7-15-12)16-21(17,18)13-9(2)8-20-11(13)6-14/h4-5,7-8,16H,3,6,14H2,1-2H3. The summed E-state index contributed by atoms with van der Waals surface area (Å²) in [6.07, 6.45) is 1.42. The predicted octanol–water partition coefficient (Wildman–Crippen LogP) is 2.11. The Hall–Kier alpha value is -1.64. The first-order valence-corrected chi connectivity index (χ1v) is 8.73. The molecule has 21 heavy (non-hydrogen) atoms. The van der Waals surface area contributed by atoms with Crippen molar-refractivity contribution >= 4 is 27.0 Å².